The maximum Gasteiger partial charge on any atom is 0.343 e. The first kappa shape index (κ1) is 9.45. The van der Waals surface area contributed by atoms with Gasteiger partial charge in [0.05, 0.1) is 6.61 Å². The van der Waals surface area contributed by atoms with Crippen LogP contribution >= 0.6 is 0 Å². The molecule has 1 aromatic rings. The summed E-state index contributed by atoms with van der Waals surface area (Å²) in [5.41, 5.74) is -0.280. The molecule has 1 fully saturated rings. The fourth-order valence-corrected chi connectivity index (χ4v) is 2.24. The second kappa shape index (κ2) is 3.57. The zero-order chi connectivity index (χ0) is 10.0. The van der Waals surface area contributed by atoms with E-state index < -0.39 is 0 Å². The van der Waals surface area contributed by atoms with Crippen molar-refractivity contribution in [2.24, 2.45) is 5.41 Å². The molecule has 0 aromatic carbocycles. The number of aromatic amines is 1. The van der Waals surface area contributed by atoms with Crippen LogP contribution in [0.25, 0.3) is 0 Å². The van der Waals surface area contributed by atoms with Crippen LogP contribution in [0, 0.1) is 5.41 Å². The Balaban J connectivity index is 2.16. The first-order chi connectivity index (χ1) is 6.76. The Morgan fingerprint density at radius 2 is 2.29 bits per heavy atom. The number of rotatable bonds is 3. The minimum atomic E-state index is -0.190. The quantitative estimate of drug-likeness (QED) is 0.723. The monoisotopic (exact) mass is 197 g/mol. The summed E-state index contributed by atoms with van der Waals surface area (Å²) in [4.78, 5) is 11.2. The molecule has 0 bridgehead atoms. The molecule has 1 aliphatic rings. The molecule has 0 saturated heterocycles. The smallest absolute Gasteiger partial charge is 0.343 e. The Hall–Kier alpha value is -1.10. The molecule has 1 aromatic heterocycles. The van der Waals surface area contributed by atoms with Gasteiger partial charge in [-0.3, -0.25) is 4.57 Å². The largest absolute Gasteiger partial charge is 0.396 e. The van der Waals surface area contributed by atoms with E-state index in [1.54, 1.807) is 4.57 Å². The minimum Gasteiger partial charge on any atom is -0.396 e. The van der Waals surface area contributed by atoms with Crippen LogP contribution in [-0.4, -0.2) is 26.5 Å². The number of aromatic nitrogens is 3. The first-order valence-corrected chi connectivity index (χ1v) is 4.96. The third-order valence-electron chi connectivity index (χ3n) is 3.12. The number of aliphatic hydroxyl groups is 1. The van der Waals surface area contributed by atoms with Gasteiger partial charge in [-0.25, -0.2) is 9.89 Å². The molecule has 2 N–H and O–H groups in total. The second-order valence-electron chi connectivity index (χ2n) is 4.15. The topological polar surface area (TPSA) is 70.9 Å². The molecular formula is C9H15N3O2. The van der Waals surface area contributed by atoms with Crippen molar-refractivity contribution in [2.75, 3.05) is 6.61 Å². The molecule has 0 unspecified atom stereocenters. The molecular weight excluding hydrogens is 182 g/mol. The van der Waals surface area contributed by atoms with Gasteiger partial charge in [0.2, 0.25) is 0 Å². The highest BCUT2D eigenvalue weighted by atomic mass is 16.3. The minimum absolute atomic E-state index is 0.0896. The van der Waals surface area contributed by atoms with E-state index in [0.717, 1.165) is 25.7 Å². The van der Waals surface area contributed by atoms with Crippen molar-refractivity contribution in [3.05, 3.63) is 16.8 Å². The van der Waals surface area contributed by atoms with E-state index >= 15 is 0 Å². The van der Waals surface area contributed by atoms with Gasteiger partial charge in [-0.15, -0.1) is 0 Å². The van der Waals surface area contributed by atoms with Gasteiger partial charge in [-0.2, -0.15) is 5.10 Å². The van der Waals surface area contributed by atoms with Gasteiger partial charge in [-0.1, -0.05) is 12.8 Å². The summed E-state index contributed by atoms with van der Waals surface area (Å²) >= 11 is 0. The third kappa shape index (κ3) is 1.59. The van der Waals surface area contributed by atoms with Crippen molar-refractivity contribution in [2.45, 2.75) is 32.2 Å². The van der Waals surface area contributed by atoms with Gasteiger partial charge in [0, 0.05) is 12.0 Å². The van der Waals surface area contributed by atoms with E-state index in [0.29, 0.717) is 6.54 Å². The average molecular weight is 197 g/mol. The number of hydrogen-bond acceptors (Lipinski definition) is 3. The van der Waals surface area contributed by atoms with E-state index in [2.05, 4.69) is 10.2 Å². The zero-order valence-corrected chi connectivity index (χ0v) is 8.07. The maximum absolute atomic E-state index is 11.2. The Morgan fingerprint density at radius 3 is 2.79 bits per heavy atom. The molecule has 0 spiro atoms. The van der Waals surface area contributed by atoms with Crippen molar-refractivity contribution >= 4 is 0 Å². The van der Waals surface area contributed by atoms with Crippen LogP contribution in [0.2, 0.25) is 0 Å². The summed E-state index contributed by atoms with van der Waals surface area (Å²) < 4.78 is 1.54. The standard InChI is InChI=1S/C9H15N3O2/c13-6-9(3-1-2-4-9)5-12-7-10-11-8(12)14/h7,13H,1-6H2,(H,11,14). The Kier molecular flexibility index (Phi) is 2.41. The molecule has 0 radical (unpaired) electrons. The maximum atomic E-state index is 11.2. The van der Waals surface area contributed by atoms with Crippen LogP contribution in [0.3, 0.4) is 0 Å². The Morgan fingerprint density at radius 1 is 1.57 bits per heavy atom. The van der Waals surface area contributed by atoms with Crippen LogP contribution in [0.1, 0.15) is 25.7 Å². The molecule has 14 heavy (non-hydrogen) atoms. The predicted molar refractivity (Wildman–Crippen MR) is 50.8 cm³/mol. The fourth-order valence-electron chi connectivity index (χ4n) is 2.24. The van der Waals surface area contributed by atoms with Crippen molar-refractivity contribution < 1.29 is 5.11 Å². The fraction of sp³-hybridized carbons (Fsp3) is 0.778. The molecule has 1 aliphatic carbocycles. The predicted octanol–water partition coefficient (Wildman–Crippen LogP) is 0.124. The van der Waals surface area contributed by atoms with E-state index in [1.807, 2.05) is 0 Å². The molecule has 2 rings (SSSR count). The molecule has 5 nitrogen and oxygen atoms in total. The second-order valence-corrected chi connectivity index (χ2v) is 4.15. The van der Waals surface area contributed by atoms with E-state index in [-0.39, 0.29) is 17.7 Å². The van der Waals surface area contributed by atoms with Gasteiger partial charge >= 0.3 is 5.69 Å². The molecule has 0 atom stereocenters. The summed E-state index contributed by atoms with van der Waals surface area (Å²) in [5, 5.41) is 15.4. The summed E-state index contributed by atoms with van der Waals surface area (Å²) in [6.07, 6.45) is 5.79. The first-order valence-electron chi connectivity index (χ1n) is 4.96. The average Bonchev–Trinajstić information content (AvgIpc) is 2.79. The lowest BCUT2D eigenvalue weighted by molar-refractivity contribution is 0.110. The van der Waals surface area contributed by atoms with Gasteiger partial charge in [0.1, 0.15) is 6.33 Å². The Bertz CT molecular complexity index is 349. The van der Waals surface area contributed by atoms with Crippen LogP contribution in [0.15, 0.2) is 11.1 Å². The summed E-state index contributed by atoms with van der Waals surface area (Å²) in [5.74, 6) is 0. The summed E-state index contributed by atoms with van der Waals surface area (Å²) in [6, 6.07) is 0. The zero-order valence-electron chi connectivity index (χ0n) is 8.07. The van der Waals surface area contributed by atoms with Crippen LogP contribution in [0.4, 0.5) is 0 Å². The Labute approximate surface area is 81.8 Å². The molecule has 78 valence electrons. The molecule has 5 heteroatoms. The van der Waals surface area contributed by atoms with Crippen LogP contribution < -0.4 is 5.69 Å². The summed E-state index contributed by atoms with van der Waals surface area (Å²) in [6.45, 7) is 0.740. The molecule has 0 aliphatic heterocycles. The highest BCUT2D eigenvalue weighted by Gasteiger charge is 2.33. The number of aliphatic hydroxyl groups excluding tert-OH is 1. The van der Waals surface area contributed by atoms with Crippen LogP contribution in [0.5, 0.6) is 0 Å². The SMILES string of the molecule is O=c1[nH]ncn1CC1(CO)CCCC1. The summed E-state index contributed by atoms with van der Waals surface area (Å²) in [7, 11) is 0. The van der Waals surface area contributed by atoms with Crippen molar-refractivity contribution in [3.8, 4) is 0 Å². The molecule has 0 amide bonds. The number of H-pyrrole nitrogens is 1. The van der Waals surface area contributed by atoms with Crippen molar-refractivity contribution in [3.63, 3.8) is 0 Å². The van der Waals surface area contributed by atoms with E-state index in [9.17, 15) is 9.90 Å². The highest BCUT2D eigenvalue weighted by molar-refractivity contribution is 4.85. The number of hydrogen-bond donors (Lipinski definition) is 2. The lowest BCUT2D eigenvalue weighted by Crippen LogP contribution is -2.31. The van der Waals surface area contributed by atoms with Gasteiger partial charge in [0.15, 0.2) is 0 Å². The van der Waals surface area contributed by atoms with Crippen LogP contribution in [-0.2, 0) is 6.54 Å². The molecule has 1 heterocycles. The van der Waals surface area contributed by atoms with Gasteiger partial charge in [-0.05, 0) is 12.8 Å². The third-order valence-corrected chi connectivity index (χ3v) is 3.12. The van der Waals surface area contributed by atoms with Crippen molar-refractivity contribution in [1.82, 2.24) is 14.8 Å². The lowest BCUT2D eigenvalue weighted by Gasteiger charge is -2.25. The lowest BCUT2D eigenvalue weighted by atomic mass is 9.87. The number of nitrogens with one attached hydrogen (secondary N) is 1. The van der Waals surface area contributed by atoms with Gasteiger partial charge < -0.3 is 5.11 Å². The highest BCUT2D eigenvalue weighted by Crippen LogP contribution is 2.38. The van der Waals surface area contributed by atoms with Crippen molar-refractivity contribution in [1.29, 1.82) is 0 Å². The molecule has 1 saturated carbocycles. The normalized spacial score (nSPS) is 20.1. The number of nitrogens with zero attached hydrogens (tertiary/aromatic N) is 2. The van der Waals surface area contributed by atoms with Gasteiger partial charge in [0.25, 0.3) is 0 Å². The van der Waals surface area contributed by atoms with E-state index in [1.165, 1.54) is 6.33 Å². The van der Waals surface area contributed by atoms with E-state index in [4.69, 9.17) is 0 Å².